The number of methoxy groups -OCH3 is 1. The second-order valence-corrected chi connectivity index (χ2v) is 6.47. The van der Waals surface area contributed by atoms with Crippen LogP contribution in [0.1, 0.15) is 24.8 Å². The summed E-state index contributed by atoms with van der Waals surface area (Å²) < 4.78 is 5.32. The van der Waals surface area contributed by atoms with Crippen LogP contribution in [0.15, 0.2) is 24.3 Å². The number of ether oxygens (including phenoxy) is 1. The lowest BCUT2D eigenvalue weighted by Crippen LogP contribution is -2.39. The average molecular weight is 332 g/mol. The van der Waals surface area contributed by atoms with Crippen molar-refractivity contribution in [2.75, 3.05) is 31.7 Å². The van der Waals surface area contributed by atoms with Crippen LogP contribution in [0.2, 0.25) is 0 Å². The van der Waals surface area contributed by atoms with E-state index in [0.29, 0.717) is 19.4 Å². The van der Waals surface area contributed by atoms with Crippen LogP contribution in [0, 0.1) is 0 Å². The van der Waals surface area contributed by atoms with Crippen molar-refractivity contribution in [1.82, 2.24) is 4.90 Å². The van der Waals surface area contributed by atoms with Crippen LogP contribution in [0.4, 0.5) is 5.69 Å². The Bertz CT molecular complexity index is 619. The molecule has 2 aliphatic heterocycles. The molecule has 6 nitrogen and oxygen atoms in total. The highest BCUT2D eigenvalue weighted by molar-refractivity contribution is 5.95. The Labute approximate surface area is 142 Å². The maximum atomic E-state index is 12.6. The van der Waals surface area contributed by atoms with Crippen LogP contribution in [0.5, 0.6) is 0 Å². The number of amides is 2. The Morgan fingerprint density at radius 1 is 1.42 bits per heavy atom. The first-order valence-electron chi connectivity index (χ1n) is 8.44. The molecule has 2 fully saturated rings. The van der Waals surface area contributed by atoms with Crippen LogP contribution < -0.4 is 4.90 Å². The fourth-order valence-corrected chi connectivity index (χ4v) is 3.55. The second kappa shape index (κ2) is 7.32. The van der Waals surface area contributed by atoms with Crippen LogP contribution in [-0.2, 0) is 20.7 Å². The molecular weight excluding hydrogens is 308 g/mol. The van der Waals surface area contributed by atoms with Gasteiger partial charge >= 0.3 is 0 Å². The number of rotatable bonds is 5. The summed E-state index contributed by atoms with van der Waals surface area (Å²) in [6.07, 6.45) is 2.39. The van der Waals surface area contributed by atoms with E-state index in [1.807, 2.05) is 24.3 Å². The quantitative estimate of drug-likeness (QED) is 0.872. The van der Waals surface area contributed by atoms with Gasteiger partial charge in [0, 0.05) is 32.3 Å². The molecule has 24 heavy (non-hydrogen) atoms. The van der Waals surface area contributed by atoms with E-state index in [4.69, 9.17) is 4.74 Å². The number of nitrogens with zero attached hydrogens (tertiary/aromatic N) is 2. The van der Waals surface area contributed by atoms with Crippen molar-refractivity contribution in [3.63, 3.8) is 0 Å². The van der Waals surface area contributed by atoms with E-state index < -0.39 is 0 Å². The van der Waals surface area contributed by atoms with Crippen molar-refractivity contribution in [1.29, 1.82) is 0 Å². The standard InChI is InChI=1S/C18H24N2O4/c1-24-16-10-15(12-21)20(11-16)18(23)9-13-4-2-5-14(8-13)19-7-3-6-17(19)22/h2,4-5,8,15-16,21H,3,6-7,9-12H2,1H3/t15-,16-/m0/s1. The molecule has 0 saturated carbocycles. The van der Waals surface area contributed by atoms with Crippen LogP contribution in [0.25, 0.3) is 0 Å². The smallest absolute Gasteiger partial charge is 0.227 e. The topological polar surface area (TPSA) is 70.1 Å². The van der Waals surface area contributed by atoms with Gasteiger partial charge in [0.15, 0.2) is 0 Å². The number of hydrogen-bond acceptors (Lipinski definition) is 4. The first-order chi connectivity index (χ1) is 11.6. The van der Waals surface area contributed by atoms with Gasteiger partial charge < -0.3 is 19.6 Å². The number of carbonyl (C=O) groups excluding carboxylic acids is 2. The molecule has 130 valence electrons. The highest BCUT2D eigenvalue weighted by Crippen LogP contribution is 2.24. The van der Waals surface area contributed by atoms with Crippen LogP contribution in [0.3, 0.4) is 0 Å². The number of likely N-dealkylation sites (tertiary alicyclic amines) is 1. The molecule has 0 spiro atoms. The maximum Gasteiger partial charge on any atom is 0.227 e. The average Bonchev–Trinajstić information content (AvgIpc) is 3.20. The molecule has 0 bridgehead atoms. The molecule has 6 heteroatoms. The Morgan fingerprint density at radius 3 is 2.92 bits per heavy atom. The van der Waals surface area contributed by atoms with Gasteiger partial charge in [-0.2, -0.15) is 0 Å². The van der Waals surface area contributed by atoms with Crippen molar-refractivity contribution in [3.8, 4) is 0 Å². The molecule has 0 aliphatic carbocycles. The summed E-state index contributed by atoms with van der Waals surface area (Å²) in [5.74, 6) is 0.125. The molecular formula is C18H24N2O4. The number of aliphatic hydroxyl groups excluding tert-OH is 1. The fraction of sp³-hybridized carbons (Fsp3) is 0.556. The Morgan fingerprint density at radius 2 is 2.25 bits per heavy atom. The van der Waals surface area contributed by atoms with Crippen LogP contribution >= 0.6 is 0 Å². The lowest BCUT2D eigenvalue weighted by Gasteiger charge is -2.23. The molecule has 2 atom stereocenters. The summed E-state index contributed by atoms with van der Waals surface area (Å²) >= 11 is 0. The minimum Gasteiger partial charge on any atom is -0.394 e. The van der Waals surface area contributed by atoms with Gasteiger partial charge in [-0.05, 0) is 30.5 Å². The van der Waals surface area contributed by atoms with Gasteiger partial charge in [-0.3, -0.25) is 9.59 Å². The number of anilines is 1. The highest BCUT2D eigenvalue weighted by atomic mass is 16.5. The Hall–Kier alpha value is -1.92. The molecule has 0 aromatic heterocycles. The van der Waals surface area contributed by atoms with E-state index in [-0.39, 0.29) is 37.0 Å². The normalized spacial score (nSPS) is 24.0. The van der Waals surface area contributed by atoms with Gasteiger partial charge in [-0.25, -0.2) is 0 Å². The largest absolute Gasteiger partial charge is 0.394 e. The minimum absolute atomic E-state index is 0.0142. The minimum atomic E-state index is -0.175. The van der Waals surface area contributed by atoms with Gasteiger partial charge in [-0.1, -0.05) is 12.1 Å². The monoisotopic (exact) mass is 332 g/mol. The molecule has 2 heterocycles. The van der Waals surface area contributed by atoms with Gasteiger partial charge in [0.25, 0.3) is 0 Å². The third-order valence-corrected chi connectivity index (χ3v) is 4.89. The summed E-state index contributed by atoms with van der Waals surface area (Å²) in [5, 5.41) is 9.49. The zero-order valence-electron chi connectivity index (χ0n) is 14.0. The van der Waals surface area contributed by atoms with E-state index in [2.05, 4.69) is 0 Å². The van der Waals surface area contributed by atoms with E-state index in [9.17, 15) is 14.7 Å². The van der Waals surface area contributed by atoms with E-state index in [1.165, 1.54) is 0 Å². The predicted molar refractivity (Wildman–Crippen MR) is 89.7 cm³/mol. The Kier molecular flexibility index (Phi) is 5.16. The molecule has 2 aliphatic rings. The summed E-state index contributed by atoms with van der Waals surface area (Å²) in [4.78, 5) is 28.0. The molecule has 2 amide bonds. The van der Waals surface area contributed by atoms with Crippen molar-refractivity contribution >= 4 is 17.5 Å². The number of aliphatic hydroxyl groups is 1. The third-order valence-electron chi connectivity index (χ3n) is 4.89. The number of carbonyl (C=O) groups is 2. The molecule has 1 aromatic rings. The summed E-state index contributed by atoms with van der Waals surface area (Å²) in [6.45, 7) is 1.21. The summed E-state index contributed by atoms with van der Waals surface area (Å²) in [7, 11) is 1.63. The van der Waals surface area contributed by atoms with Crippen molar-refractivity contribution in [2.24, 2.45) is 0 Å². The predicted octanol–water partition coefficient (Wildman–Crippen LogP) is 0.964. The van der Waals surface area contributed by atoms with E-state index in [1.54, 1.807) is 16.9 Å². The van der Waals surface area contributed by atoms with Crippen molar-refractivity contribution in [3.05, 3.63) is 29.8 Å². The maximum absolute atomic E-state index is 12.6. The fourth-order valence-electron chi connectivity index (χ4n) is 3.55. The Balaban J connectivity index is 1.69. The van der Waals surface area contributed by atoms with Gasteiger partial charge in [-0.15, -0.1) is 0 Å². The summed E-state index contributed by atoms with van der Waals surface area (Å²) in [6, 6.07) is 7.43. The van der Waals surface area contributed by atoms with Crippen LogP contribution in [-0.4, -0.2) is 60.8 Å². The number of benzene rings is 1. The molecule has 0 radical (unpaired) electrons. The molecule has 1 aromatic carbocycles. The van der Waals surface area contributed by atoms with E-state index >= 15 is 0 Å². The molecule has 1 N–H and O–H groups in total. The number of hydrogen-bond donors (Lipinski definition) is 1. The van der Waals surface area contributed by atoms with E-state index in [0.717, 1.165) is 24.2 Å². The zero-order valence-corrected chi connectivity index (χ0v) is 14.0. The molecule has 0 unspecified atom stereocenters. The van der Waals surface area contributed by atoms with Gasteiger partial charge in [0.1, 0.15) is 0 Å². The lowest BCUT2D eigenvalue weighted by atomic mass is 10.1. The van der Waals surface area contributed by atoms with Gasteiger partial charge in [0.05, 0.1) is 25.2 Å². The first kappa shape index (κ1) is 16.9. The second-order valence-electron chi connectivity index (χ2n) is 6.47. The SMILES string of the molecule is CO[C@H]1C[C@@H](CO)N(C(=O)Cc2cccc(N3CCCC3=O)c2)C1. The van der Waals surface area contributed by atoms with Gasteiger partial charge in [0.2, 0.25) is 11.8 Å². The highest BCUT2D eigenvalue weighted by Gasteiger charge is 2.34. The summed E-state index contributed by atoms with van der Waals surface area (Å²) in [5.41, 5.74) is 1.74. The van der Waals surface area contributed by atoms with Crippen molar-refractivity contribution in [2.45, 2.75) is 37.8 Å². The lowest BCUT2D eigenvalue weighted by molar-refractivity contribution is -0.132. The first-order valence-corrected chi connectivity index (χ1v) is 8.44. The zero-order chi connectivity index (χ0) is 17.1. The molecule has 3 rings (SSSR count). The van der Waals surface area contributed by atoms with Crippen molar-refractivity contribution < 1.29 is 19.4 Å². The third kappa shape index (κ3) is 3.44. The molecule has 2 saturated heterocycles.